The Bertz CT molecular complexity index is 278. The average molecular weight is 164 g/mol. The van der Waals surface area contributed by atoms with Crippen molar-refractivity contribution in [3.05, 3.63) is 29.3 Å². The smallest absolute Gasteiger partial charge is 0.0136 e. The van der Waals surface area contributed by atoms with Gasteiger partial charge in [0, 0.05) is 10.1 Å². The van der Waals surface area contributed by atoms with Gasteiger partial charge >= 0.3 is 0 Å². The molecular formula is C10H12S. The molecule has 1 atom stereocenters. The highest BCUT2D eigenvalue weighted by atomic mass is 32.2. The van der Waals surface area contributed by atoms with Gasteiger partial charge in [-0.2, -0.15) is 0 Å². The monoisotopic (exact) mass is 164 g/mol. The number of aryl methyl sites for hydroxylation is 1. The number of hydrogen-bond acceptors (Lipinski definition) is 1. The maximum absolute atomic E-state index is 2.30. The third kappa shape index (κ3) is 1.18. The van der Waals surface area contributed by atoms with Gasteiger partial charge in [-0.3, -0.25) is 0 Å². The highest BCUT2D eigenvalue weighted by Crippen LogP contribution is 2.38. The lowest BCUT2D eigenvalue weighted by molar-refractivity contribution is 0.957. The van der Waals surface area contributed by atoms with Crippen molar-refractivity contribution >= 4 is 11.8 Å². The van der Waals surface area contributed by atoms with Crippen molar-refractivity contribution in [1.29, 1.82) is 0 Å². The van der Waals surface area contributed by atoms with E-state index in [9.17, 15) is 0 Å². The molecule has 0 fully saturated rings. The number of thioether (sulfide) groups is 1. The summed E-state index contributed by atoms with van der Waals surface area (Å²) in [5.41, 5.74) is 2.99. The van der Waals surface area contributed by atoms with Crippen molar-refractivity contribution in [2.24, 2.45) is 0 Å². The Labute approximate surface area is 72.0 Å². The molecule has 0 nitrogen and oxygen atoms in total. The van der Waals surface area contributed by atoms with Crippen LogP contribution >= 0.6 is 11.8 Å². The molecule has 1 aromatic carbocycles. The van der Waals surface area contributed by atoms with E-state index in [1.165, 1.54) is 16.9 Å². The first-order valence-electron chi connectivity index (χ1n) is 4.02. The molecule has 1 unspecified atom stereocenters. The summed E-state index contributed by atoms with van der Waals surface area (Å²) < 4.78 is 0. The van der Waals surface area contributed by atoms with Gasteiger partial charge in [0.25, 0.3) is 0 Å². The molecular weight excluding hydrogens is 152 g/mol. The maximum atomic E-state index is 2.30. The van der Waals surface area contributed by atoms with Crippen molar-refractivity contribution in [1.82, 2.24) is 0 Å². The Kier molecular flexibility index (Phi) is 1.68. The van der Waals surface area contributed by atoms with E-state index in [4.69, 9.17) is 0 Å². The van der Waals surface area contributed by atoms with Gasteiger partial charge in [-0.15, -0.1) is 11.8 Å². The molecule has 0 aromatic heterocycles. The highest BCUT2D eigenvalue weighted by molar-refractivity contribution is 8.00. The van der Waals surface area contributed by atoms with Crippen LogP contribution in [0.4, 0.5) is 0 Å². The lowest BCUT2D eigenvalue weighted by Crippen LogP contribution is -1.90. The lowest BCUT2D eigenvalue weighted by Gasteiger charge is -2.00. The van der Waals surface area contributed by atoms with Gasteiger partial charge in [-0.25, -0.2) is 0 Å². The zero-order valence-electron chi connectivity index (χ0n) is 6.92. The summed E-state index contributed by atoms with van der Waals surface area (Å²) >= 11 is 2.02. The number of rotatable bonds is 0. The van der Waals surface area contributed by atoms with E-state index in [1.807, 2.05) is 11.8 Å². The summed E-state index contributed by atoms with van der Waals surface area (Å²) in [6.45, 7) is 4.49. The van der Waals surface area contributed by atoms with Crippen LogP contribution < -0.4 is 0 Å². The zero-order chi connectivity index (χ0) is 7.84. The van der Waals surface area contributed by atoms with Gasteiger partial charge in [0.05, 0.1) is 0 Å². The summed E-state index contributed by atoms with van der Waals surface area (Å²) in [4.78, 5) is 1.53. The van der Waals surface area contributed by atoms with Crippen molar-refractivity contribution in [3.63, 3.8) is 0 Å². The minimum absolute atomic E-state index is 0.783. The van der Waals surface area contributed by atoms with E-state index in [1.54, 1.807) is 5.56 Å². The van der Waals surface area contributed by atoms with Crippen LogP contribution in [-0.2, 0) is 6.42 Å². The minimum atomic E-state index is 0.783. The predicted octanol–water partition coefficient (Wildman–Crippen LogP) is 3.03. The first-order valence-corrected chi connectivity index (χ1v) is 4.90. The summed E-state index contributed by atoms with van der Waals surface area (Å²) in [6, 6.07) is 6.61. The van der Waals surface area contributed by atoms with Crippen LogP contribution in [0.5, 0.6) is 0 Å². The normalized spacial score (nSPS) is 21.8. The van der Waals surface area contributed by atoms with E-state index in [0.29, 0.717) is 0 Å². The zero-order valence-corrected chi connectivity index (χ0v) is 7.74. The first kappa shape index (κ1) is 7.23. The average Bonchev–Trinajstić information content (AvgIpc) is 2.31. The molecule has 58 valence electrons. The highest BCUT2D eigenvalue weighted by Gasteiger charge is 2.18. The Morgan fingerprint density at radius 2 is 2.27 bits per heavy atom. The van der Waals surface area contributed by atoms with Gasteiger partial charge < -0.3 is 0 Å². The van der Waals surface area contributed by atoms with Crippen LogP contribution in [-0.4, -0.2) is 5.25 Å². The predicted molar refractivity (Wildman–Crippen MR) is 50.2 cm³/mol. The van der Waals surface area contributed by atoms with Crippen LogP contribution in [0.25, 0.3) is 0 Å². The third-order valence-electron chi connectivity index (χ3n) is 2.12. The third-order valence-corrected chi connectivity index (χ3v) is 3.51. The topological polar surface area (TPSA) is 0 Å². The minimum Gasteiger partial charge on any atom is -0.122 e. The second kappa shape index (κ2) is 2.56. The Balaban J connectivity index is 2.49. The van der Waals surface area contributed by atoms with Crippen LogP contribution in [0.1, 0.15) is 18.1 Å². The van der Waals surface area contributed by atoms with E-state index < -0.39 is 0 Å². The van der Waals surface area contributed by atoms with Gasteiger partial charge in [-0.05, 0) is 24.5 Å². The van der Waals surface area contributed by atoms with E-state index in [0.717, 1.165) is 5.25 Å². The van der Waals surface area contributed by atoms with Crippen molar-refractivity contribution in [3.8, 4) is 0 Å². The van der Waals surface area contributed by atoms with Crippen molar-refractivity contribution in [2.75, 3.05) is 0 Å². The summed E-state index contributed by atoms with van der Waals surface area (Å²) in [6.07, 6.45) is 1.25. The largest absolute Gasteiger partial charge is 0.122 e. The molecule has 0 N–H and O–H groups in total. The van der Waals surface area contributed by atoms with Gasteiger partial charge in [0.1, 0.15) is 0 Å². The molecule has 0 aliphatic carbocycles. The molecule has 1 aliphatic heterocycles. The SMILES string of the molecule is Cc1cccc2c1SC(C)C2. The molecule has 0 bridgehead atoms. The molecule has 1 heteroatoms. The van der Waals surface area contributed by atoms with Crippen molar-refractivity contribution in [2.45, 2.75) is 30.4 Å². The number of hydrogen-bond donors (Lipinski definition) is 0. The molecule has 0 spiro atoms. The van der Waals surface area contributed by atoms with Gasteiger partial charge in [-0.1, -0.05) is 25.1 Å². The molecule has 1 aromatic rings. The van der Waals surface area contributed by atoms with Gasteiger partial charge in [0.2, 0.25) is 0 Å². The molecule has 1 aliphatic rings. The van der Waals surface area contributed by atoms with E-state index in [2.05, 4.69) is 32.0 Å². The molecule has 0 amide bonds. The van der Waals surface area contributed by atoms with Crippen LogP contribution in [0.2, 0.25) is 0 Å². The summed E-state index contributed by atoms with van der Waals surface area (Å²) in [7, 11) is 0. The van der Waals surface area contributed by atoms with E-state index >= 15 is 0 Å². The van der Waals surface area contributed by atoms with E-state index in [-0.39, 0.29) is 0 Å². The lowest BCUT2D eigenvalue weighted by atomic mass is 10.1. The summed E-state index contributed by atoms with van der Waals surface area (Å²) in [5, 5.41) is 0.783. The quantitative estimate of drug-likeness (QED) is 0.568. The van der Waals surface area contributed by atoms with Crippen LogP contribution in [0.15, 0.2) is 23.1 Å². The molecule has 0 radical (unpaired) electrons. The fourth-order valence-corrected chi connectivity index (χ4v) is 2.82. The standard InChI is InChI=1S/C10H12S/c1-7-4-3-5-9-6-8(2)11-10(7)9/h3-5,8H,6H2,1-2H3. The molecule has 1 heterocycles. The molecule has 0 saturated carbocycles. The Morgan fingerprint density at radius 3 is 3.00 bits per heavy atom. The van der Waals surface area contributed by atoms with Crippen LogP contribution in [0, 0.1) is 6.92 Å². The summed E-state index contributed by atoms with van der Waals surface area (Å²) in [5.74, 6) is 0. The molecule has 11 heavy (non-hydrogen) atoms. The van der Waals surface area contributed by atoms with Gasteiger partial charge in [0.15, 0.2) is 0 Å². The second-order valence-electron chi connectivity index (χ2n) is 3.20. The first-order chi connectivity index (χ1) is 5.27. The number of fused-ring (bicyclic) bond motifs is 1. The molecule has 0 saturated heterocycles. The Hall–Kier alpha value is -0.430. The maximum Gasteiger partial charge on any atom is 0.0136 e. The number of benzene rings is 1. The fraction of sp³-hybridized carbons (Fsp3) is 0.400. The second-order valence-corrected chi connectivity index (χ2v) is 4.64. The fourth-order valence-electron chi connectivity index (χ4n) is 1.60. The van der Waals surface area contributed by atoms with Crippen LogP contribution in [0.3, 0.4) is 0 Å². The molecule has 2 rings (SSSR count). The Morgan fingerprint density at radius 1 is 1.45 bits per heavy atom. The van der Waals surface area contributed by atoms with Crippen molar-refractivity contribution < 1.29 is 0 Å².